The van der Waals surface area contributed by atoms with E-state index in [1.54, 1.807) is 11.8 Å². The number of nitrogens with zero attached hydrogens (tertiary/aromatic N) is 1. The Kier molecular flexibility index (Phi) is 5.62. The van der Waals surface area contributed by atoms with Crippen LogP contribution >= 0.6 is 11.8 Å². The van der Waals surface area contributed by atoms with Crippen LogP contribution in [-0.4, -0.2) is 28.4 Å². The van der Waals surface area contributed by atoms with Crippen molar-refractivity contribution in [1.29, 1.82) is 0 Å². The molecule has 0 aliphatic carbocycles. The maximum atomic E-state index is 12.0. The molecule has 0 heterocycles. The van der Waals surface area contributed by atoms with Crippen LogP contribution in [0.3, 0.4) is 0 Å². The highest BCUT2D eigenvalue weighted by molar-refractivity contribution is 7.99. The Balaban J connectivity index is 2.86. The van der Waals surface area contributed by atoms with Gasteiger partial charge in [0.2, 0.25) is 0 Å². The third-order valence-electron chi connectivity index (χ3n) is 2.41. The summed E-state index contributed by atoms with van der Waals surface area (Å²) in [4.78, 5) is 22.3. The van der Waals surface area contributed by atoms with Crippen molar-refractivity contribution in [2.45, 2.75) is 19.9 Å². The summed E-state index contributed by atoms with van der Waals surface area (Å²) >= 11 is 1.69. The largest absolute Gasteiger partial charge is 0.399 e. The summed E-state index contributed by atoms with van der Waals surface area (Å²) in [5.74, 6) is 1.25. The number of nitrogens with one attached hydrogen (secondary N) is 1. The van der Waals surface area contributed by atoms with Crippen molar-refractivity contribution in [3.8, 4) is 0 Å². The molecule has 0 radical (unpaired) electrons. The monoisotopic (exact) mass is 283 g/mol. The van der Waals surface area contributed by atoms with E-state index in [0.717, 1.165) is 11.5 Å². The number of thioether (sulfide) groups is 1. The minimum Gasteiger partial charge on any atom is -0.399 e. The molecule has 0 aliphatic rings. The minimum atomic E-state index is -0.584. The van der Waals surface area contributed by atoms with E-state index < -0.39 is 10.8 Å². The van der Waals surface area contributed by atoms with Crippen molar-refractivity contribution in [1.82, 2.24) is 5.32 Å². The van der Waals surface area contributed by atoms with Crippen molar-refractivity contribution in [3.05, 3.63) is 33.9 Å². The van der Waals surface area contributed by atoms with Crippen LogP contribution in [0.15, 0.2) is 18.2 Å². The summed E-state index contributed by atoms with van der Waals surface area (Å²) in [6.07, 6.45) is 0. The molecule has 0 aliphatic heterocycles. The van der Waals surface area contributed by atoms with E-state index >= 15 is 0 Å². The minimum absolute atomic E-state index is 0.00153. The fraction of sp³-hybridized carbons (Fsp3) is 0.417. The molecule has 104 valence electrons. The summed E-state index contributed by atoms with van der Waals surface area (Å²) in [7, 11) is 0. The van der Waals surface area contributed by atoms with Crippen LogP contribution in [0.2, 0.25) is 0 Å². The van der Waals surface area contributed by atoms with E-state index in [1.165, 1.54) is 18.2 Å². The average Bonchev–Trinajstić information content (AvgIpc) is 2.35. The van der Waals surface area contributed by atoms with Gasteiger partial charge in [0.05, 0.1) is 4.92 Å². The summed E-state index contributed by atoms with van der Waals surface area (Å²) in [5, 5.41) is 13.6. The number of nitro groups is 1. The van der Waals surface area contributed by atoms with E-state index in [-0.39, 0.29) is 17.3 Å². The first kappa shape index (κ1) is 15.3. The molecular weight excluding hydrogens is 266 g/mol. The lowest BCUT2D eigenvalue weighted by atomic mass is 10.1. The first-order valence-electron chi connectivity index (χ1n) is 5.88. The van der Waals surface area contributed by atoms with E-state index in [0.29, 0.717) is 5.69 Å². The second-order valence-electron chi connectivity index (χ2n) is 4.07. The van der Waals surface area contributed by atoms with Gasteiger partial charge in [0.15, 0.2) is 0 Å². The molecular formula is C12H17N3O3S. The van der Waals surface area contributed by atoms with E-state index in [2.05, 4.69) is 5.32 Å². The van der Waals surface area contributed by atoms with Crippen LogP contribution in [-0.2, 0) is 0 Å². The Bertz CT molecular complexity index is 479. The molecule has 6 nitrogen and oxygen atoms in total. The highest BCUT2D eigenvalue weighted by Crippen LogP contribution is 2.21. The number of carbonyl (C=O) groups excluding carboxylic acids is 1. The molecule has 19 heavy (non-hydrogen) atoms. The molecule has 0 saturated carbocycles. The average molecular weight is 283 g/mol. The van der Waals surface area contributed by atoms with Crippen LogP contribution < -0.4 is 11.1 Å². The maximum Gasteiger partial charge on any atom is 0.282 e. The Hall–Kier alpha value is -1.76. The van der Waals surface area contributed by atoms with Gasteiger partial charge in [0.25, 0.3) is 11.6 Å². The van der Waals surface area contributed by atoms with Crippen LogP contribution in [0.1, 0.15) is 24.2 Å². The van der Waals surface area contributed by atoms with Gasteiger partial charge in [-0.1, -0.05) is 6.92 Å². The lowest BCUT2D eigenvalue weighted by Crippen LogP contribution is -2.34. The van der Waals surface area contributed by atoms with Crippen molar-refractivity contribution in [3.63, 3.8) is 0 Å². The molecule has 1 atom stereocenters. The molecule has 0 spiro atoms. The molecule has 1 rings (SSSR count). The summed E-state index contributed by atoms with van der Waals surface area (Å²) < 4.78 is 0. The first-order chi connectivity index (χ1) is 8.95. The maximum absolute atomic E-state index is 12.0. The van der Waals surface area contributed by atoms with E-state index in [9.17, 15) is 14.9 Å². The molecule has 1 unspecified atom stereocenters. The number of anilines is 1. The van der Waals surface area contributed by atoms with Crippen LogP contribution in [0.4, 0.5) is 11.4 Å². The zero-order valence-electron chi connectivity index (χ0n) is 10.9. The standard InChI is InChI=1S/C12H17N3O3S/c1-3-19-7-8(2)14-12(16)10-6-9(13)4-5-11(10)15(17)18/h4-6,8H,3,7,13H2,1-2H3,(H,14,16). The number of amides is 1. The third kappa shape index (κ3) is 4.44. The molecule has 1 aromatic carbocycles. The number of carbonyl (C=O) groups is 1. The van der Waals surface area contributed by atoms with E-state index in [4.69, 9.17) is 5.73 Å². The zero-order valence-corrected chi connectivity index (χ0v) is 11.7. The van der Waals surface area contributed by atoms with Gasteiger partial charge >= 0.3 is 0 Å². The molecule has 0 fully saturated rings. The summed E-state index contributed by atoms with van der Waals surface area (Å²) in [5.41, 5.74) is 5.66. The zero-order chi connectivity index (χ0) is 14.4. The van der Waals surface area contributed by atoms with Crippen molar-refractivity contribution < 1.29 is 9.72 Å². The number of nitrogen functional groups attached to an aromatic ring is 1. The second kappa shape index (κ2) is 6.98. The van der Waals surface area contributed by atoms with Crippen molar-refractivity contribution >= 4 is 29.0 Å². The van der Waals surface area contributed by atoms with E-state index in [1.807, 2.05) is 13.8 Å². The summed E-state index contributed by atoms with van der Waals surface area (Å²) in [6, 6.07) is 3.92. The van der Waals surface area contributed by atoms with Crippen LogP contribution in [0.5, 0.6) is 0 Å². The Morgan fingerprint density at radius 2 is 2.26 bits per heavy atom. The predicted octanol–water partition coefficient (Wildman–Crippen LogP) is 2.05. The summed E-state index contributed by atoms with van der Waals surface area (Å²) in [6.45, 7) is 3.89. The normalized spacial score (nSPS) is 11.9. The molecule has 7 heteroatoms. The van der Waals surface area contributed by atoms with Gasteiger partial charge in [-0.15, -0.1) is 0 Å². The fourth-order valence-corrected chi connectivity index (χ4v) is 2.21. The van der Waals surface area contributed by atoms with Crippen LogP contribution in [0, 0.1) is 10.1 Å². The Morgan fingerprint density at radius 3 is 2.84 bits per heavy atom. The lowest BCUT2D eigenvalue weighted by molar-refractivity contribution is -0.385. The Morgan fingerprint density at radius 1 is 1.58 bits per heavy atom. The van der Waals surface area contributed by atoms with Crippen molar-refractivity contribution in [2.75, 3.05) is 17.2 Å². The highest BCUT2D eigenvalue weighted by Gasteiger charge is 2.21. The number of benzene rings is 1. The quantitative estimate of drug-likeness (QED) is 0.473. The number of hydrogen-bond donors (Lipinski definition) is 2. The van der Waals surface area contributed by atoms with Gasteiger partial charge in [-0.3, -0.25) is 14.9 Å². The first-order valence-corrected chi connectivity index (χ1v) is 7.03. The van der Waals surface area contributed by atoms with Gasteiger partial charge in [-0.25, -0.2) is 0 Å². The predicted molar refractivity (Wildman–Crippen MR) is 77.4 cm³/mol. The van der Waals surface area contributed by atoms with Crippen LogP contribution in [0.25, 0.3) is 0 Å². The number of nitro benzene ring substituents is 1. The Labute approximate surface area is 115 Å². The smallest absolute Gasteiger partial charge is 0.282 e. The number of hydrogen-bond acceptors (Lipinski definition) is 5. The molecule has 3 N–H and O–H groups in total. The highest BCUT2D eigenvalue weighted by atomic mass is 32.2. The molecule has 0 aromatic heterocycles. The van der Waals surface area contributed by atoms with Crippen molar-refractivity contribution in [2.24, 2.45) is 0 Å². The number of nitrogens with two attached hydrogens (primary N) is 1. The van der Waals surface area contributed by atoms with Gasteiger partial charge in [0, 0.05) is 23.5 Å². The lowest BCUT2D eigenvalue weighted by Gasteiger charge is -2.13. The topological polar surface area (TPSA) is 98.3 Å². The molecule has 0 saturated heterocycles. The molecule has 1 aromatic rings. The fourth-order valence-electron chi connectivity index (χ4n) is 1.53. The third-order valence-corrected chi connectivity index (χ3v) is 3.56. The second-order valence-corrected chi connectivity index (χ2v) is 5.39. The van der Waals surface area contributed by atoms with Gasteiger partial charge in [-0.05, 0) is 24.8 Å². The number of rotatable bonds is 6. The van der Waals surface area contributed by atoms with Gasteiger partial charge < -0.3 is 11.1 Å². The molecule has 0 bridgehead atoms. The molecule has 1 amide bonds. The van der Waals surface area contributed by atoms with Gasteiger partial charge in [-0.2, -0.15) is 11.8 Å². The van der Waals surface area contributed by atoms with Gasteiger partial charge in [0.1, 0.15) is 5.56 Å². The SMILES string of the molecule is CCSCC(C)NC(=O)c1cc(N)ccc1[N+](=O)[O-].